The van der Waals surface area contributed by atoms with Gasteiger partial charge in [-0.15, -0.1) is 5.10 Å². The number of rotatable bonds is 6. The van der Waals surface area contributed by atoms with Crippen LogP contribution in [0.4, 0.5) is 0 Å². The van der Waals surface area contributed by atoms with Crippen LogP contribution in [-0.2, 0) is 11.2 Å². The maximum atomic E-state index is 12.1. The minimum Gasteiger partial charge on any atom is -0.481 e. The number of hydrogen-bond donors (Lipinski definition) is 2. The molecule has 1 aromatic carbocycles. The summed E-state index contributed by atoms with van der Waals surface area (Å²) in [6.45, 7) is 3.34. The van der Waals surface area contributed by atoms with Crippen molar-refractivity contribution in [2.75, 3.05) is 6.54 Å². The number of benzene rings is 1. The Morgan fingerprint density at radius 3 is 2.50 bits per heavy atom. The number of para-hydroxylation sites is 1. The first-order chi connectivity index (χ1) is 11.3. The van der Waals surface area contributed by atoms with Crippen molar-refractivity contribution in [1.29, 1.82) is 0 Å². The number of amides is 1. The molecule has 0 aliphatic rings. The number of aryl methyl sites for hydroxylation is 1. The van der Waals surface area contributed by atoms with Gasteiger partial charge in [-0.2, -0.15) is 0 Å². The number of carboxylic acids is 1. The maximum absolute atomic E-state index is 12.1. The number of aliphatic carboxylic acids is 1. The Morgan fingerprint density at radius 2 is 1.96 bits per heavy atom. The van der Waals surface area contributed by atoms with E-state index in [4.69, 9.17) is 28.3 Å². The van der Waals surface area contributed by atoms with E-state index in [1.165, 1.54) is 11.6 Å². The molecule has 128 valence electrons. The van der Waals surface area contributed by atoms with Crippen LogP contribution in [-0.4, -0.2) is 38.3 Å². The number of carbonyl (C=O) groups is 2. The molecule has 2 aromatic rings. The fourth-order valence-corrected chi connectivity index (χ4v) is 2.51. The summed E-state index contributed by atoms with van der Waals surface area (Å²) in [4.78, 5) is 27.1. The fraction of sp³-hybridized carbons (Fsp3) is 0.333. The zero-order valence-electron chi connectivity index (χ0n) is 13.1. The van der Waals surface area contributed by atoms with Gasteiger partial charge < -0.3 is 10.4 Å². The van der Waals surface area contributed by atoms with Gasteiger partial charge in [-0.3, -0.25) is 9.59 Å². The van der Waals surface area contributed by atoms with Crippen LogP contribution in [0.25, 0.3) is 5.69 Å². The standard InChI is InChI=1S/C15H16Cl2N4O3/c1-3-11-19-13(14(22)18-7-8(2)15(23)24)20-21(11)12-9(16)5-4-6-10(12)17/h4-6,8H,3,7H2,1-2H3,(H,18,22)(H,23,24). The topological polar surface area (TPSA) is 97.1 Å². The number of aromatic nitrogens is 3. The Morgan fingerprint density at radius 1 is 1.33 bits per heavy atom. The average molecular weight is 371 g/mol. The average Bonchev–Trinajstić information content (AvgIpc) is 2.96. The van der Waals surface area contributed by atoms with E-state index in [0.29, 0.717) is 28.0 Å². The van der Waals surface area contributed by atoms with Gasteiger partial charge in [-0.1, -0.05) is 43.1 Å². The van der Waals surface area contributed by atoms with Crippen molar-refractivity contribution < 1.29 is 14.7 Å². The van der Waals surface area contributed by atoms with Gasteiger partial charge in [0.1, 0.15) is 11.5 Å². The highest BCUT2D eigenvalue weighted by Crippen LogP contribution is 2.28. The van der Waals surface area contributed by atoms with E-state index in [-0.39, 0.29) is 12.4 Å². The van der Waals surface area contributed by atoms with E-state index in [0.717, 1.165) is 0 Å². The Bertz CT molecular complexity index is 756. The van der Waals surface area contributed by atoms with Crippen LogP contribution in [0.5, 0.6) is 0 Å². The monoisotopic (exact) mass is 370 g/mol. The molecule has 1 aromatic heterocycles. The van der Waals surface area contributed by atoms with Crippen LogP contribution in [0.1, 0.15) is 30.3 Å². The van der Waals surface area contributed by atoms with Crippen molar-refractivity contribution in [3.05, 3.63) is 39.9 Å². The van der Waals surface area contributed by atoms with Crippen molar-refractivity contribution in [3.63, 3.8) is 0 Å². The molecule has 0 radical (unpaired) electrons. The van der Waals surface area contributed by atoms with Crippen LogP contribution in [0.15, 0.2) is 18.2 Å². The second-order valence-corrected chi connectivity index (χ2v) is 5.95. The van der Waals surface area contributed by atoms with Gasteiger partial charge >= 0.3 is 5.97 Å². The summed E-state index contributed by atoms with van der Waals surface area (Å²) in [6, 6.07) is 5.04. The lowest BCUT2D eigenvalue weighted by Crippen LogP contribution is -2.32. The van der Waals surface area contributed by atoms with E-state index in [2.05, 4.69) is 15.4 Å². The van der Waals surface area contributed by atoms with Crippen molar-refractivity contribution in [2.45, 2.75) is 20.3 Å². The van der Waals surface area contributed by atoms with Gasteiger partial charge in [0.15, 0.2) is 0 Å². The number of nitrogens with zero attached hydrogens (tertiary/aromatic N) is 3. The second-order valence-electron chi connectivity index (χ2n) is 5.14. The molecule has 0 aliphatic carbocycles. The Balaban J connectivity index is 2.31. The zero-order valence-corrected chi connectivity index (χ0v) is 14.6. The minimum absolute atomic E-state index is 0.0169. The van der Waals surface area contributed by atoms with Gasteiger partial charge in [0.05, 0.1) is 16.0 Å². The predicted octanol–water partition coefficient (Wildman–Crippen LogP) is 2.59. The molecule has 0 aliphatic heterocycles. The van der Waals surface area contributed by atoms with Crippen molar-refractivity contribution in [1.82, 2.24) is 20.1 Å². The highest BCUT2D eigenvalue weighted by atomic mass is 35.5. The van der Waals surface area contributed by atoms with E-state index in [1.54, 1.807) is 18.2 Å². The third-order valence-corrected chi connectivity index (χ3v) is 3.94. The van der Waals surface area contributed by atoms with Crippen LogP contribution in [0.2, 0.25) is 10.0 Å². The van der Waals surface area contributed by atoms with E-state index in [9.17, 15) is 9.59 Å². The van der Waals surface area contributed by atoms with Gasteiger partial charge in [-0.05, 0) is 12.1 Å². The van der Waals surface area contributed by atoms with Gasteiger partial charge in [-0.25, -0.2) is 9.67 Å². The number of halogens is 2. The quantitative estimate of drug-likeness (QED) is 0.814. The molecule has 1 amide bonds. The molecule has 1 heterocycles. The Labute approximate surface area is 148 Å². The van der Waals surface area contributed by atoms with E-state index in [1.807, 2.05) is 6.92 Å². The third-order valence-electron chi connectivity index (χ3n) is 3.33. The predicted molar refractivity (Wildman–Crippen MR) is 89.9 cm³/mol. The lowest BCUT2D eigenvalue weighted by molar-refractivity contribution is -0.140. The number of nitrogens with one attached hydrogen (secondary N) is 1. The number of hydrogen-bond acceptors (Lipinski definition) is 4. The molecule has 2 rings (SSSR count). The first-order valence-electron chi connectivity index (χ1n) is 7.26. The zero-order chi connectivity index (χ0) is 17.9. The summed E-state index contributed by atoms with van der Waals surface area (Å²) >= 11 is 12.4. The molecular formula is C15H16Cl2N4O3. The lowest BCUT2D eigenvalue weighted by atomic mass is 10.2. The molecule has 0 bridgehead atoms. The SMILES string of the molecule is CCc1nc(C(=O)NCC(C)C(=O)O)nn1-c1c(Cl)cccc1Cl. The highest BCUT2D eigenvalue weighted by molar-refractivity contribution is 6.37. The van der Waals surface area contributed by atoms with Crippen LogP contribution in [0.3, 0.4) is 0 Å². The summed E-state index contributed by atoms with van der Waals surface area (Å²) in [5.74, 6) is -1.81. The summed E-state index contributed by atoms with van der Waals surface area (Å²) in [6.07, 6.45) is 0.507. The normalized spacial score (nSPS) is 12.0. The second kappa shape index (κ2) is 7.63. The van der Waals surface area contributed by atoms with E-state index >= 15 is 0 Å². The summed E-state index contributed by atoms with van der Waals surface area (Å²) in [5.41, 5.74) is 0.447. The number of carbonyl (C=O) groups excluding carboxylic acids is 1. The highest BCUT2D eigenvalue weighted by Gasteiger charge is 2.20. The summed E-state index contributed by atoms with van der Waals surface area (Å²) < 4.78 is 1.43. The molecule has 1 unspecified atom stereocenters. The molecule has 1 atom stereocenters. The fourth-order valence-electron chi connectivity index (χ4n) is 1.95. The molecule has 2 N–H and O–H groups in total. The van der Waals surface area contributed by atoms with Crippen molar-refractivity contribution >= 4 is 35.1 Å². The van der Waals surface area contributed by atoms with Crippen molar-refractivity contribution in [3.8, 4) is 5.69 Å². The first kappa shape index (κ1) is 18.2. The summed E-state index contributed by atoms with van der Waals surface area (Å²) in [7, 11) is 0. The molecule has 0 spiro atoms. The van der Waals surface area contributed by atoms with Crippen LogP contribution in [0, 0.1) is 5.92 Å². The van der Waals surface area contributed by atoms with Crippen LogP contribution < -0.4 is 5.32 Å². The number of carboxylic acid groups (broad SMARTS) is 1. The molecule has 0 saturated carbocycles. The molecule has 9 heteroatoms. The van der Waals surface area contributed by atoms with Gasteiger partial charge in [0.25, 0.3) is 5.91 Å². The minimum atomic E-state index is -0.995. The first-order valence-corrected chi connectivity index (χ1v) is 8.02. The molecular weight excluding hydrogens is 355 g/mol. The molecule has 24 heavy (non-hydrogen) atoms. The maximum Gasteiger partial charge on any atom is 0.308 e. The molecule has 0 fully saturated rings. The van der Waals surface area contributed by atoms with Crippen molar-refractivity contribution in [2.24, 2.45) is 5.92 Å². The lowest BCUT2D eigenvalue weighted by Gasteiger charge is -2.08. The third kappa shape index (κ3) is 3.85. The Hall–Kier alpha value is -2.12. The molecule has 0 saturated heterocycles. The Kier molecular flexibility index (Phi) is 5.80. The van der Waals surface area contributed by atoms with Crippen LogP contribution >= 0.6 is 23.2 Å². The summed E-state index contributed by atoms with van der Waals surface area (Å²) in [5, 5.41) is 16.3. The van der Waals surface area contributed by atoms with Gasteiger partial charge in [0.2, 0.25) is 5.82 Å². The van der Waals surface area contributed by atoms with Gasteiger partial charge in [0, 0.05) is 13.0 Å². The largest absolute Gasteiger partial charge is 0.481 e. The smallest absolute Gasteiger partial charge is 0.308 e. The van der Waals surface area contributed by atoms with E-state index < -0.39 is 17.8 Å². The molecule has 7 nitrogen and oxygen atoms in total.